The standard InChI is InChI=1S/C17H29N3OS/c1-3-20(4-2)16(14-8-9-22-12-14)11-19-17(21)13-6-5-7-15(18)10-13/h8-9,12-13,15-16H,3-7,10-11,18H2,1-2H3,(H,19,21). The van der Waals surface area contributed by atoms with E-state index in [2.05, 4.69) is 40.9 Å². The molecular weight excluding hydrogens is 294 g/mol. The molecule has 1 heterocycles. The summed E-state index contributed by atoms with van der Waals surface area (Å²) in [5.74, 6) is 0.283. The summed E-state index contributed by atoms with van der Waals surface area (Å²) in [4.78, 5) is 14.8. The van der Waals surface area contributed by atoms with E-state index in [0.717, 1.165) is 38.8 Å². The molecule has 5 heteroatoms. The van der Waals surface area contributed by atoms with E-state index in [-0.39, 0.29) is 23.9 Å². The zero-order valence-corrected chi connectivity index (χ0v) is 14.6. The predicted molar refractivity (Wildman–Crippen MR) is 92.9 cm³/mol. The third kappa shape index (κ3) is 4.54. The Morgan fingerprint density at radius 2 is 2.23 bits per heavy atom. The summed E-state index contributed by atoms with van der Waals surface area (Å²) in [5.41, 5.74) is 7.30. The number of hydrogen-bond acceptors (Lipinski definition) is 4. The van der Waals surface area contributed by atoms with Gasteiger partial charge in [-0.1, -0.05) is 20.3 Å². The van der Waals surface area contributed by atoms with Crippen molar-refractivity contribution in [1.82, 2.24) is 10.2 Å². The van der Waals surface area contributed by atoms with Gasteiger partial charge in [-0.3, -0.25) is 9.69 Å². The average Bonchev–Trinajstić information content (AvgIpc) is 3.05. The molecule has 3 atom stereocenters. The lowest BCUT2D eigenvalue weighted by Crippen LogP contribution is -2.42. The summed E-state index contributed by atoms with van der Waals surface area (Å²) >= 11 is 1.71. The van der Waals surface area contributed by atoms with Crippen LogP contribution in [-0.2, 0) is 4.79 Å². The molecule has 4 nitrogen and oxygen atoms in total. The molecule has 1 aromatic heterocycles. The van der Waals surface area contributed by atoms with Crippen molar-refractivity contribution in [2.24, 2.45) is 11.7 Å². The minimum Gasteiger partial charge on any atom is -0.354 e. The van der Waals surface area contributed by atoms with Gasteiger partial charge in [0.25, 0.3) is 0 Å². The van der Waals surface area contributed by atoms with Crippen LogP contribution in [0, 0.1) is 5.92 Å². The molecule has 0 aliphatic heterocycles. The van der Waals surface area contributed by atoms with E-state index in [1.165, 1.54) is 5.56 Å². The van der Waals surface area contributed by atoms with Gasteiger partial charge in [0.15, 0.2) is 0 Å². The van der Waals surface area contributed by atoms with Crippen molar-refractivity contribution in [3.05, 3.63) is 22.4 Å². The van der Waals surface area contributed by atoms with Gasteiger partial charge in [-0.15, -0.1) is 0 Å². The van der Waals surface area contributed by atoms with E-state index in [9.17, 15) is 4.79 Å². The predicted octanol–water partition coefficient (Wildman–Crippen LogP) is 2.76. The third-order valence-electron chi connectivity index (χ3n) is 4.74. The lowest BCUT2D eigenvalue weighted by Gasteiger charge is -2.31. The maximum atomic E-state index is 12.4. The molecule has 0 spiro atoms. The topological polar surface area (TPSA) is 58.4 Å². The number of nitrogens with one attached hydrogen (secondary N) is 1. The molecule has 0 bridgehead atoms. The average molecular weight is 324 g/mol. The van der Waals surface area contributed by atoms with Crippen LogP contribution < -0.4 is 11.1 Å². The van der Waals surface area contributed by atoms with Crippen molar-refractivity contribution in [3.63, 3.8) is 0 Å². The van der Waals surface area contributed by atoms with Crippen molar-refractivity contribution in [2.45, 2.75) is 51.6 Å². The molecule has 1 aliphatic carbocycles. The zero-order valence-electron chi connectivity index (χ0n) is 13.8. The van der Waals surface area contributed by atoms with E-state index in [1.54, 1.807) is 11.3 Å². The molecule has 0 radical (unpaired) electrons. The number of carbonyl (C=O) groups is 1. The number of hydrogen-bond donors (Lipinski definition) is 2. The minimum absolute atomic E-state index is 0.101. The maximum absolute atomic E-state index is 12.4. The summed E-state index contributed by atoms with van der Waals surface area (Å²) in [7, 11) is 0. The SMILES string of the molecule is CCN(CC)C(CNC(=O)C1CCCC(N)C1)c1ccsc1. The summed E-state index contributed by atoms with van der Waals surface area (Å²) in [5, 5.41) is 7.47. The van der Waals surface area contributed by atoms with E-state index >= 15 is 0 Å². The lowest BCUT2D eigenvalue weighted by molar-refractivity contribution is -0.126. The van der Waals surface area contributed by atoms with Crippen LogP contribution in [0.1, 0.15) is 51.1 Å². The van der Waals surface area contributed by atoms with Crippen molar-refractivity contribution >= 4 is 17.2 Å². The van der Waals surface area contributed by atoms with Crippen LogP contribution in [0.5, 0.6) is 0 Å². The molecule has 3 unspecified atom stereocenters. The number of amides is 1. The molecule has 1 aliphatic rings. The quantitative estimate of drug-likeness (QED) is 0.811. The Hall–Kier alpha value is -0.910. The second kappa shape index (κ2) is 8.65. The van der Waals surface area contributed by atoms with Crippen molar-refractivity contribution < 1.29 is 4.79 Å². The Balaban J connectivity index is 1.94. The van der Waals surface area contributed by atoms with Gasteiger partial charge in [-0.05, 0) is 54.7 Å². The van der Waals surface area contributed by atoms with E-state index in [1.807, 2.05) is 0 Å². The third-order valence-corrected chi connectivity index (χ3v) is 5.44. The first-order valence-electron chi connectivity index (χ1n) is 8.45. The molecular formula is C17H29N3OS. The van der Waals surface area contributed by atoms with Crippen LogP contribution >= 0.6 is 11.3 Å². The Morgan fingerprint density at radius 3 is 2.82 bits per heavy atom. The summed E-state index contributed by atoms with van der Waals surface area (Å²) in [6.07, 6.45) is 3.94. The smallest absolute Gasteiger partial charge is 0.223 e. The number of likely N-dealkylation sites (N-methyl/N-ethyl adjacent to an activating group) is 1. The van der Waals surface area contributed by atoms with Crippen molar-refractivity contribution in [3.8, 4) is 0 Å². The molecule has 124 valence electrons. The van der Waals surface area contributed by atoms with Gasteiger partial charge >= 0.3 is 0 Å². The Labute approximate surface area is 138 Å². The molecule has 1 saturated carbocycles. The molecule has 1 fully saturated rings. The van der Waals surface area contributed by atoms with E-state index in [4.69, 9.17) is 5.73 Å². The normalized spacial score (nSPS) is 23.5. The molecule has 1 amide bonds. The first-order chi connectivity index (χ1) is 10.7. The van der Waals surface area contributed by atoms with Crippen LogP contribution in [0.15, 0.2) is 16.8 Å². The highest BCUT2D eigenvalue weighted by atomic mass is 32.1. The van der Waals surface area contributed by atoms with Crippen LogP contribution in [-0.4, -0.2) is 36.5 Å². The van der Waals surface area contributed by atoms with Crippen molar-refractivity contribution in [1.29, 1.82) is 0 Å². The number of nitrogens with two attached hydrogens (primary N) is 1. The van der Waals surface area contributed by atoms with E-state index < -0.39 is 0 Å². The van der Waals surface area contributed by atoms with E-state index in [0.29, 0.717) is 6.54 Å². The zero-order chi connectivity index (χ0) is 15.9. The van der Waals surface area contributed by atoms with Gasteiger partial charge < -0.3 is 11.1 Å². The molecule has 3 N–H and O–H groups in total. The number of rotatable bonds is 7. The van der Waals surface area contributed by atoms with Crippen LogP contribution in [0.3, 0.4) is 0 Å². The largest absolute Gasteiger partial charge is 0.354 e. The Bertz CT molecular complexity index is 445. The first-order valence-corrected chi connectivity index (χ1v) is 9.39. The fourth-order valence-electron chi connectivity index (χ4n) is 3.39. The lowest BCUT2D eigenvalue weighted by atomic mass is 9.85. The maximum Gasteiger partial charge on any atom is 0.223 e. The van der Waals surface area contributed by atoms with Gasteiger partial charge in [0.1, 0.15) is 0 Å². The van der Waals surface area contributed by atoms with Gasteiger partial charge in [0, 0.05) is 18.5 Å². The minimum atomic E-state index is 0.101. The van der Waals surface area contributed by atoms with Crippen LogP contribution in [0.4, 0.5) is 0 Å². The highest BCUT2D eigenvalue weighted by Gasteiger charge is 2.26. The van der Waals surface area contributed by atoms with Gasteiger partial charge in [-0.2, -0.15) is 11.3 Å². The number of carbonyl (C=O) groups excluding carboxylic acids is 1. The monoisotopic (exact) mass is 323 g/mol. The first kappa shape index (κ1) is 17.4. The Kier molecular flexibility index (Phi) is 6.86. The molecule has 2 rings (SSSR count). The second-order valence-corrected chi connectivity index (χ2v) is 6.94. The Morgan fingerprint density at radius 1 is 1.45 bits per heavy atom. The molecule has 22 heavy (non-hydrogen) atoms. The summed E-state index contributed by atoms with van der Waals surface area (Å²) in [6.45, 7) is 7.00. The highest BCUT2D eigenvalue weighted by Crippen LogP contribution is 2.25. The number of nitrogens with zero attached hydrogens (tertiary/aromatic N) is 1. The highest BCUT2D eigenvalue weighted by molar-refractivity contribution is 7.07. The number of thiophene rings is 1. The second-order valence-electron chi connectivity index (χ2n) is 6.16. The fraction of sp³-hybridized carbons (Fsp3) is 0.706. The van der Waals surface area contributed by atoms with Gasteiger partial charge in [0.2, 0.25) is 5.91 Å². The molecule has 0 aromatic carbocycles. The summed E-state index contributed by atoms with van der Waals surface area (Å²) in [6, 6.07) is 2.62. The van der Waals surface area contributed by atoms with Crippen LogP contribution in [0.2, 0.25) is 0 Å². The van der Waals surface area contributed by atoms with Gasteiger partial charge in [-0.25, -0.2) is 0 Å². The summed E-state index contributed by atoms with van der Waals surface area (Å²) < 4.78 is 0. The molecule has 0 saturated heterocycles. The van der Waals surface area contributed by atoms with Crippen molar-refractivity contribution in [2.75, 3.05) is 19.6 Å². The molecule has 1 aromatic rings. The fourth-order valence-corrected chi connectivity index (χ4v) is 4.10. The van der Waals surface area contributed by atoms with Crippen LogP contribution in [0.25, 0.3) is 0 Å². The van der Waals surface area contributed by atoms with Gasteiger partial charge in [0.05, 0.1) is 6.04 Å².